The summed E-state index contributed by atoms with van der Waals surface area (Å²) in [6.45, 7) is 1.93. The van der Waals surface area contributed by atoms with Gasteiger partial charge in [-0.2, -0.15) is 0 Å². The Bertz CT molecular complexity index is 732. The Balaban J connectivity index is 1.57. The van der Waals surface area contributed by atoms with Gasteiger partial charge in [0.2, 0.25) is 5.91 Å². The summed E-state index contributed by atoms with van der Waals surface area (Å²) >= 11 is 0. The Morgan fingerprint density at radius 3 is 2.60 bits per heavy atom. The molecule has 6 heteroatoms. The van der Waals surface area contributed by atoms with Crippen molar-refractivity contribution in [1.29, 1.82) is 0 Å². The number of carbonyl (C=O) groups is 3. The Labute approximate surface area is 146 Å². The van der Waals surface area contributed by atoms with Gasteiger partial charge in [0.05, 0.1) is 11.1 Å². The quantitative estimate of drug-likeness (QED) is 0.890. The average Bonchev–Trinajstić information content (AvgIpc) is 2.62. The van der Waals surface area contributed by atoms with Gasteiger partial charge >= 0.3 is 5.97 Å². The van der Waals surface area contributed by atoms with Crippen molar-refractivity contribution >= 4 is 17.8 Å². The van der Waals surface area contributed by atoms with Crippen LogP contribution >= 0.6 is 0 Å². The molecule has 6 nitrogen and oxygen atoms in total. The zero-order valence-corrected chi connectivity index (χ0v) is 14.1. The molecular weight excluding hydrogens is 320 g/mol. The molecule has 25 heavy (non-hydrogen) atoms. The maximum atomic E-state index is 13.0. The maximum absolute atomic E-state index is 13.0. The smallest absolute Gasteiger partial charge is 0.336 e. The summed E-state index contributed by atoms with van der Waals surface area (Å²) in [5.41, 5.74) is 0.309. The third-order valence-corrected chi connectivity index (χ3v) is 5.85. The minimum Gasteiger partial charge on any atom is -0.478 e. The van der Waals surface area contributed by atoms with Gasteiger partial charge in [0, 0.05) is 32.1 Å². The van der Waals surface area contributed by atoms with E-state index in [1.165, 1.54) is 6.07 Å². The first-order valence-electron chi connectivity index (χ1n) is 8.95. The van der Waals surface area contributed by atoms with Gasteiger partial charge in [-0.25, -0.2) is 4.79 Å². The fourth-order valence-electron chi connectivity index (χ4n) is 4.80. The molecule has 1 aromatic rings. The van der Waals surface area contributed by atoms with Gasteiger partial charge in [0.25, 0.3) is 5.91 Å². The lowest BCUT2D eigenvalue weighted by molar-refractivity contribution is -0.144. The minimum atomic E-state index is -1.08. The van der Waals surface area contributed by atoms with E-state index in [0.29, 0.717) is 25.4 Å². The average molecular weight is 342 g/mol. The lowest BCUT2D eigenvalue weighted by atomic mass is 9.76. The number of hydrogen-bond donors (Lipinski definition) is 1. The van der Waals surface area contributed by atoms with Crippen molar-refractivity contribution in [3.63, 3.8) is 0 Å². The predicted octanol–water partition coefficient (Wildman–Crippen LogP) is 1.86. The van der Waals surface area contributed by atoms with E-state index < -0.39 is 5.97 Å². The number of carboxylic acid groups (broad SMARTS) is 1. The molecule has 3 fully saturated rings. The molecule has 1 aromatic carbocycles. The molecule has 0 radical (unpaired) electrons. The predicted molar refractivity (Wildman–Crippen MR) is 90.3 cm³/mol. The molecule has 0 aromatic heterocycles. The SMILES string of the molecule is O=C(O)c1ccccc1C(=O)N1CC2CC(C1)C1CCCC(=O)N1C2. The summed E-state index contributed by atoms with van der Waals surface area (Å²) in [6.07, 6.45) is 3.64. The second-order valence-corrected chi connectivity index (χ2v) is 7.43. The number of nitrogens with zero attached hydrogens (tertiary/aromatic N) is 2. The van der Waals surface area contributed by atoms with E-state index in [1.54, 1.807) is 23.1 Å². The molecule has 4 rings (SSSR count). The first kappa shape index (κ1) is 16.1. The van der Waals surface area contributed by atoms with Crippen LogP contribution in [0.25, 0.3) is 0 Å². The van der Waals surface area contributed by atoms with Crippen molar-refractivity contribution in [1.82, 2.24) is 9.80 Å². The van der Waals surface area contributed by atoms with Crippen LogP contribution in [0.2, 0.25) is 0 Å². The summed E-state index contributed by atoms with van der Waals surface area (Å²) in [6, 6.07) is 6.64. The van der Waals surface area contributed by atoms with E-state index >= 15 is 0 Å². The van der Waals surface area contributed by atoms with Gasteiger partial charge in [-0.1, -0.05) is 12.1 Å². The molecule has 0 aliphatic carbocycles. The number of likely N-dealkylation sites (tertiary alicyclic amines) is 1. The molecule has 1 N–H and O–H groups in total. The summed E-state index contributed by atoms with van der Waals surface area (Å²) in [7, 11) is 0. The highest BCUT2D eigenvalue weighted by Gasteiger charge is 2.45. The Kier molecular flexibility index (Phi) is 3.98. The number of rotatable bonds is 2. The van der Waals surface area contributed by atoms with Crippen LogP contribution in [0.5, 0.6) is 0 Å². The van der Waals surface area contributed by atoms with Gasteiger partial charge < -0.3 is 14.9 Å². The van der Waals surface area contributed by atoms with E-state index in [1.807, 2.05) is 4.90 Å². The molecular formula is C19H22N2O4. The Hall–Kier alpha value is -2.37. The normalized spacial score (nSPS) is 28.5. The second-order valence-electron chi connectivity index (χ2n) is 7.43. The number of benzene rings is 1. The molecule has 3 aliphatic rings. The molecule has 132 valence electrons. The van der Waals surface area contributed by atoms with Crippen molar-refractivity contribution in [3.8, 4) is 0 Å². The third kappa shape index (κ3) is 2.79. The fourth-order valence-corrected chi connectivity index (χ4v) is 4.80. The fraction of sp³-hybridized carbons (Fsp3) is 0.526. The first-order chi connectivity index (χ1) is 12.0. The van der Waals surface area contributed by atoms with Gasteiger partial charge in [0.15, 0.2) is 0 Å². The number of piperidine rings is 3. The summed E-state index contributed by atoms with van der Waals surface area (Å²) in [5.74, 6) is -0.439. The first-order valence-corrected chi connectivity index (χ1v) is 8.95. The van der Waals surface area contributed by atoms with Crippen LogP contribution in [0, 0.1) is 11.8 Å². The van der Waals surface area contributed by atoms with E-state index in [0.717, 1.165) is 25.8 Å². The number of carboxylic acids is 1. The summed E-state index contributed by atoms with van der Waals surface area (Å²) in [5, 5.41) is 9.34. The van der Waals surface area contributed by atoms with Gasteiger partial charge in [-0.3, -0.25) is 9.59 Å². The van der Waals surface area contributed by atoms with Crippen LogP contribution in [0.15, 0.2) is 24.3 Å². The molecule has 0 saturated carbocycles. The minimum absolute atomic E-state index is 0.0534. The molecule has 3 saturated heterocycles. The lowest BCUT2D eigenvalue weighted by Crippen LogP contribution is -2.61. The van der Waals surface area contributed by atoms with Crippen LogP contribution in [0.1, 0.15) is 46.4 Å². The van der Waals surface area contributed by atoms with Crippen molar-refractivity contribution in [3.05, 3.63) is 35.4 Å². The zero-order valence-electron chi connectivity index (χ0n) is 14.1. The number of fused-ring (bicyclic) bond motifs is 4. The van der Waals surface area contributed by atoms with E-state index in [-0.39, 0.29) is 34.9 Å². The molecule has 0 spiro atoms. The van der Waals surface area contributed by atoms with Gasteiger partial charge in [-0.15, -0.1) is 0 Å². The molecule has 3 aliphatic heterocycles. The van der Waals surface area contributed by atoms with E-state index in [9.17, 15) is 19.5 Å². The van der Waals surface area contributed by atoms with Crippen LogP contribution in [0.4, 0.5) is 0 Å². The number of amides is 2. The van der Waals surface area contributed by atoms with E-state index in [4.69, 9.17) is 0 Å². The maximum Gasteiger partial charge on any atom is 0.336 e. The summed E-state index contributed by atoms with van der Waals surface area (Å²) in [4.78, 5) is 40.4. The van der Waals surface area contributed by atoms with Crippen LogP contribution in [0.3, 0.4) is 0 Å². The molecule has 2 amide bonds. The van der Waals surface area contributed by atoms with Crippen LogP contribution < -0.4 is 0 Å². The second kappa shape index (κ2) is 6.17. The highest BCUT2D eigenvalue weighted by molar-refractivity contribution is 6.04. The Morgan fingerprint density at radius 2 is 1.84 bits per heavy atom. The standard InChI is InChI=1S/C19H22N2O4/c22-17-7-3-6-16-13-8-12(10-21(16)17)9-20(11-13)18(23)14-4-1-2-5-15(14)19(24)25/h1-2,4-5,12-13,16H,3,6-11H2,(H,24,25). The zero-order chi connectivity index (χ0) is 17.6. The highest BCUT2D eigenvalue weighted by Crippen LogP contribution is 2.38. The van der Waals surface area contributed by atoms with Crippen molar-refractivity contribution in [2.24, 2.45) is 11.8 Å². The molecule has 2 bridgehead atoms. The Morgan fingerprint density at radius 1 is 1.08 bits per heavy atom. The van der Waals surface area contributed by atoms with Crippen LogP contribution in [-0.2, 0) is 4.79 Å². The molecule has 3 atom stereocenters. The highest BCUT2D eigenvalue weighted by atomic mass is 16.4. The lowest BCUT2D eigenvalue weighted by Gasteiger charge is -2.52. The van der Waals surface area contributed by atoms with E-state index in [2.05, 4.69) is 0 Å². The number of carbonyl (C=O) groups excluding carboxylic acids is 2. The topological polar surface area (TPSA) is 77.9 Å². The monoisotopic (exact) mass is 342 g/mol. The number of aromatic carboxylic acids is 1. The number of hydrogen-bond acceptors (Lipinski definition) is 3. The van der Waals surface area contributed by atoms with Crippen molar-refractivity contribution in [2.45, 2.75) is 31.7 Å². The molecule has 3 heterocycles. The van der Waals surface area contributed by atoms with Crippen LogP contribution in [-0.4, -0.2) is 58.4 Å². The third-order valence-electron chi connectivity index (χ3n) is 5.85. The van der Waals surface area contributed by atoms with Crippen molar-refractivity contribution in [2.75, 3.05) is 19.6 Å². The van der Waals surface area contributed by atoms with Crippen molar-refractivity contribution < 1.29 is 19.5 Å². The molecule has 3 unspecified atom stereocenters. The summed E-state index contributed by atoms with van der Waals surface area (Å²) < 4.78 is 0. The van der Waals surface area contributed by atoms with Gasteiger partial charge in [0.1, 0.15) is 0 Å². The largest absolute Gasteiger partial charge is 0.478 e. The van der Waals surface area contributed by atoms with Gasteiger partial charge in [-0.05, 0) is 43.2 Å².